The van der Waals surface area contributed by atoms with E-state index in [1.165, 1.54) is 0 Å². The van der Waals surface area contributed by atoms with Gasteiger partial charge in [-0.25, -0.2) is 0 Å². The minimum Gasteiger partial charge on any atom is -0.363 e. The lowest BCUT2D eigenvalue weighted by Crippen LogP contribution is -2.39. The lowest BCUT2D eigenvalue weighted by atomic mass is 10.1. The highest BCUT2D eigenvalue weighted by Crippen LogP contribution is 2.23. The summed E-state index contributed by atoms with van der Waals surface area (Å²) < 4.78 is 5.61. The number of ether oxygens (including phenoxy) is 1. The van der Waals surface area contributed by atoms with E-state index in [-0.39, 0.29) is 6.10 Å². The minimum absolute atomic E-state index is 0.127. The van der Waals surface area contributed by atoms with Gasteiger partial charge in [0.25, 0.3) is 0 Å². The molecular formula is C9H17NO2. The average molecular weight is 171 g/mol. The molecule has 1 atom stereocenters. The van der Waals surface area contributed by atoms with Gasteiger partial charge in [-0.3, -0.25) is 0 Å². The molecule has 3 heteroatoms. The fourth-order valence-corrected chi connectivity index (χ4v) is 1.68. The Bertz CT molecular complexity index is 170. The maximum absolute atomic E-state index is 10.9. The summed E-state index contributed by atoms with van der Waals surface area (Å²) in [7, 11) is 2.01. The van der Waals surface area contributed by atoms with Gasteiger partial charge in [-0.2, -0.15) is 0 Å². The first kappa shape index (κ1) is 9.68. The van der Waals surface area contributed by atoms with Crippen molar-refractivity contribution in [3.05, 3.63) is 0 Å². The van der Waals surface area contributed by atoms with Crippen molar-refractivity contribution in [2.24, 2.45) is 0 Å². The molecule has 3 nitrogen and oxygen atoms in total. The summed E-state index contributed by atoms with van der Waals surface area (Å²) in [5.74, 6) is 0. The highest BCUT2D eigenvalue weighted by atomic mass is 16.5. The Hall–Kier alpha value is -0.410. The monoisotopic (exact) mass is 171 g/mol. The third-order valence-corrected chi connectivity index (χ3v) is 2.14. The number of hydrogen-bond acceptors (Lipinski definition) is 3. The largest absolute Gasteiger partial charge is 0.363 e. The molecule has 1 fully saturated rings. The van der Waals surface area contributed by atoms with Gasteiger partial charge in [-0.1, -0.05) is 0 Å². The highest BCUT2D eigenvalue weighted by Gasteiger charge is 2.38. The molecule has 0 aliphatic carbocycles. The fraction of sp³-hybridized carbons (Fsp3) is 0.889. The average Bonchev–Trinajstić information content (AvgIpc) is 2.32. The lowest BCUT2D eigenvalue weighted by Gasteiger charge is -2.25. The van der Waals surface area contributed by atoms with Gasteiger partial charge in [0.15, 0.2) is 6.29 Å². The van der Waals surface area contributed by atoms with Gasteiger partial charge in [-0.15, -0.1) is 0 Å². The second-order valence-electron chi connectivity index (χ2n) is 3.84. The van der Waals surface area contributed by atoms with Gasteiger partial charge in [0.1, 0.15) is 5.60 Å². The SMILES string of the molecule is CC(C)OC1(C=O)CCN(C)C1. The van der Waals surface area contributed by atoms with Gasteiger partial charge in [0.2, 0.25) is 0 Å². The van der Waals surface area contributed by atoms with Crippen molar-refractivity contribution in [3.8, 4) is 0 Å². The molecule has 0 amide bonds. The maximum atomic E-state index is 10.9. The first-order valence-corrected chi connectivity index (χ1v) is 4.41. The number of likely N-dealkylation sites (tertiary alicyclic amines) is 1. The van der Waals surface area contributed by atoms with Crippen LogP contribution in [0.5, 0.6) is 0 Å². The smallest absolute Gasteiger partial charge is 0.153 e. The van der Waals surface area contributed by atoms with E-state index in [0.717, 1.165) is 25.8 Å². The topological polar surface area (TPSA) is 29.5 Å². The number of likely N-dealkylation sites (N-methyl/N-ethyl adjacent to an activating group) is 1. The third kappa shape index (κ3) is 2.05. The van der Waals surface area contributed by atoms with E-state index in [1.807, 2.05) is 20.9 Å². The minimum atomic E-state index is -0.525. The van der Waals surface area contributed by atoms with Crippen LogP contribution < -0.4 is 0 Å². The fourth-order valence-electron chi connectivity index (χ4n) is 1.68. The van der Waals surface area contributed by atoms with Crippen molar-refractivity contribution < 1.29 is 9.53 Å². The predicted molar refractivity (Wildman–Crippen MR) is 47.1 cm³/mol. The van der Waals surface area contributed by atoms with Crippen molar-refractivity contribution in [1.29, 1.82) is 0 Å². The van der Waals surface area contributed by atoms with Crippen LogP contribution in [0.3, 0.4) is 0 Å². The first-order chi connectivity index (χ1) is 5.58. The van der Waals surface area contributed by atoms with Crippen LogP contribution in [0.25, 0.3) is 0 Å². The Kier molecular flexibility index (Phi) is 2.85. The Morgan fingerprint density at radius 3 is 2.58 bits per heavy atom. The first-order valence-electron chi connectivity index (χ1n) is 4.41. The summed E-state index contributed by atoms with van der Waals surface area (Å²) >= 11 is 0. The number of nitrogens with zero attached hydrogens (tertiary/aromatic N) is 1. The van der Waals surface area contributed by atoms with Crippen molar-refractivity contribution in [2.45, 2.75) is 32.0 Å². The zero-order valence-corrected chi connectivity index (χ0v) is 8.04. The lowest BCUT2D eigenvalue weighted by molar-refractivity contribution is -0.135. The van der Waals surface area contributed by atoms with Gasteiger partial charge < -0.3 is 14.4 Å². The van der Waals surface area contributed by atoms with Gasteiger partial charge in [0.05, 0.1) is 6.10 Å². The van der Waals surface area contributed by atoms with Crippen LogP contribution >= 0.6 is 0 Å². The zero-order chi connectivity index (χ0) is 9.19. The quantitative estimate of drug-likeness (QED) is 0.585. The molecule has 12 heavy (non-hydrogen) atoms. The van der Waals surface area contributed by atoms with Gasteiger partial charge in [0, 0.05) is 13.1 Å². The molecule has 1 aliphatic rings. The molecule has 0 radical (unpaired) electrons. The number of aldehydes is 1. The normalized spacial score (nSPS) is 31.3. The van der Waals surface area contributed by atoms with E-state index in [4.69, 9.17) is 4.74 Å². The molecule has 70 valence electrons. The standard InChI is InChI=1S/C9H17NO2/c1-8(2)12-9(7-11)4-5-10(3)6-9/h7-8H,4-6H2,1-3H3. The molecule has 0 bridgehead atoms. The summed E-state index contributed by atoms with van der Waals surface area (Å²) in [6, 6.07) is 0. The summed E-state index contributed by atoms with van der Waals surface area (Å²) in [5, 5.41) is 0. The number of rotatable bonds is 3. The summed E-state index contributed by atoms with van der Waals surface area (Å²) in [5.41, 5.74) is -0.525. The van der Waals surface area contributed by atoms with E-state index in [0.29, 0.717) is 0 Å². The summed E-state index contributed by atoms with van der Waals surface area (Å²) in [6.07, 6.45) is 1.91. The summed E-state index contributed by atoms with van der Waals surface area (Å²) in [4.78, 5) is 13.0. The van der Waals surface area contributed by atoms with Crippen LogP contribution in [0, 0.1) is 0 Å². The molecule has 1 aliphatic heterocycles. The van der Waals surface area contributed by atoms with Crippen molar-refractivity contribution in [3.63, 3.8) is 0 Å². The molecule has 0 N–H and O–H groups in total. The Balaban J connectivity index is 2.58. The number of hydrogen-bond donors (Lipinski definition) is 0. The second-order valence-corrected chi connectivity index (χ2v) is 3.84. The zero-order valence-electron chi connectivity index (χ0n) is 8.04. The number of carbonyl (C=O) groups excluding carboxylic acids is 1. The van der Waals surface area contributed by atoms with Crippen LogP contribution in [-0.4, -0.2) is 43.0 Å². The van der Waals surface area contributed by atoms with Crippen LogP contribution in [0.1, 0.15) is 20.3 Å². The van der Waals surface area contributed by atoms with E-state index >= 15 is 0 Å². The molecule has 0 spiro atoms. The highest BCUT2D eigenvalue weighted by molar-refractivity contribution is 5.63. The van der Waals surface area contributed by atoms with Crippen LogP contribution in [0.2, 0.25) is 0 Å². The van der Waals surface area contributed by atoms with E-state index in [9.17, 15) is 4.79 Å². The predicted octanol–water partition coefficient (Wildman–Crippen LogP) is 0.685. The molecule has 1 unspecified atom stereocenters. The molecule has 0 aromatic carbocycles. The number of carbonyl (C=O) groups is 1. The van der Waals surface area contributed by atoms with Crippen molar-refractivity contribution >= 4 is 6.29 Å². The molecule has 1 saturated heterocycles. The Morgan fingerprint density at radius 2 is 2.25 bits per heavy atom. The molecule has 0 aromatic heterocycles. The third-order valence-electron chi connectivity index (χ3n) is 2.14. The Morgan fingerprint density at radius 1 is 1.58 bits per heavy atom. The molecule has 0 aromatic rings. The molecular weight excluding hydrogens is 154 g/mol. The second kappa shape index (κ2) is 3.54. The van der Waals surface area contributed by atoms with E-state index in [1.54, 1.807) is 0 Å². The van der Waals surface area contributed by atoms with Gasteiger partial charge >= 0.3 is 0 Å². The Labute approximate surface area is 73.7 Å². The molecule has 0 saturated carbocycles. The summed E-state index contributed by atoms with van der Waals surface area (Å²) in [6.45, 7) is 5.60. The van der Waals surface area contributed by atoms with E-state index in [2.05, 4.69) is 4.90 Å². The van der Waals surface area contributed by atoms with Crippen molar-refractivity contribution in [1.82, 2.24) is 4.90 Å². The molecule has 1 heterocycles. The van der Waals surface area contributed by atoms with Crippen molar-refractivity contribution in [2.75, 3.05) is 20.1 Å². The molecule has 1 rings (SSSR count). The van der Waals surface area contributed by atoms with Crippen LogP contribution in [0.4, 0.5) is 0 Å². The van der Waals surface area contributed by atoms with Gasteiger partial charge in [-0.05, 0) is 27.3 Å². The van der Waals surface area contributed by atoms with E-state index < -0.39 is 5.60 Å². The van der Waals surface area contributed by atoms with Crippen LogP contribution in [-0.2, 0) is 9.53 Å². The van der Waals surface area contributed by atoms with Crippen LogP contribution in [0.15, 0.2) is 0 Å². The maximum Gasteiger partial charge on any atom is 0.153 e.